The van der Waals surface area contributed by atoms with Gasteiger partial charge < -0.3 is 4.74 Å². The highest BCUT2D eigenvalue weighted by atomic mass is 16.5. The van der Waals surface area contributed by atoms with Crippen molar-refractivity contribution in [1.29, 1.82) is 0 Å². The van der Waals surface area contributed by atoms with Gasteiger partial charge in [0.2, 0.25) is 0 Å². The normalized spacial score (nSPS) is 14.8. The van der Waals surface area contributed by atoms with Gasteiger partial charge in [0.1, 0.15) is 0 Å². The molecule has 1 aromatic rings. The fourth-order valence-corrected chi connectivity index (χ4v) is 2.05. The first-order valence-electron chi connectivity index (χ1n) is 5.10. The smallest absolute Gasteiger partial charge is 0.338 e. The Morgan fingerprint density at radius 3 is 2.73 bits per heavy atom. The molecule has 0 bridgehead atoms. The van der Waals surface area contributed by atoms with Gasteiger partial charge >= 0.3 is 5.97 Å². The van der Waals surface area contributed by atoms with E-state index in [9.17, 15) is 4.79 Å². The van der Waals surface area contributed by atoms with Crippen molar-refractivity contribution in [2.75, 3.05) is 7.11 Å². The molecule has 0 saturated heterocycles. The van der Waals surface area contributed by atoms with Gasteiger partial charge in [-0.3, -0.25) is 0 Å². The highest BCUT2D eigenvalue weighted by Gasteiger charge is 2.21. The van der Waals surface area contributed by atoms with Crippen LogP contribution in [0.2, 0.25) is 0 Å². The van der Waals surface area contributed by atoms with Gasteiger partial charge in [-0.2, -0.15) is 0 Å². The standard InChI is InChI=1S/C13H14O2/c1-9-7-8-10-5-3-4-6-11(10)12(9)13(14)15-2/h3-6H,7-8H2,1-2H3. The molecule has 1 aliphatic carbocycles. The van der Waals surface area contributed by atoms with Crippen LogP contribution in [0.1, 0.15) is 24.5 Å². The minimum atomic E-state index is -0.223. The van der Waals surface area contributed by atoms with E-state index in [1.54, 1.807) is 0 Å². The van der Waals surface area contributed by atoms with Gasteiger partial charge in [-0.1, -0.05) is 29.8 Å². The monoisotopic (exact) mass is 202 g/mol. The number of aryl methyl sites for hydroxylation is 1. The highest BCUT2D eigenvalue weighted by Crippen LogP contribution is 2.31. The molecule has 0 unspecified atom stereocenters. The minimum Gasteiger partial charge on any atom is -0.465 e. The fraction of sp³-hybridized carbons (Fsp3) is 0.308. The van der Waals surface area contributed by atoms with Crippen molar-refractivity contribution < 1.29 is 9.53 Å². The number of esters is 1. The minimum absolute atomic E-state index is 0.223. The van der Waals surface area contributed by atoms with Crippen molar-refractivity contribution in [2.45, 2.75) is 19.8 Å². The first-order valence-corrected chi connectivity index (χ1v) is 5.10. The van der Waals surface area contributed by atoms with E-state index in [2.05, 4.69) is 6.07 Å². The lowest BCUT2D eigenvalue weighted by Gasteiger charge is -2.19. The zero-order valence-electron chi connectivity index (χ0n) is 9.04. The van der Waals surface area contributed by atoms with Gasteiger partial charge in [0.25, 0.3) is 0 Å². The number of ether oxygens (including phenoxy) is 1. The van der Waals surface area contributed by atoms with Gasteiger partial charge in [-0.25, -0.2) is 4.79 Å². The molecule has 15 heavy (non-hydrogen) atoms. The molecule has 0 heterocycles. The van der Waals surface area contributed by atoms with Gasteiger partial charge in [0.15, 0.2) is 0 Å². The van der Waals surface area contributed by atoms with Gasteiger partial charge in [0, 0.05) is 0 Å². The number of carbonyl (C=O) groups is 1. The maximum atomic E-state index is 11.7. The van der Waals surface area contributed by atoms with Crippen LogP contribution < -0.4 is 0 Å². The summed E-state index contributed by atoms with van der Waals surface area (Å²) in [6.45, 7) is 2.00. The van der Waals surface area contributed by atoms with Gasteiger partial charge in [-0.05, 0) is 30.9 Å². The molecule has 0 amide bonds. The van der Waals surface area contributed by atoms with Gasteiger partial charge in [0.05, 0.1) is 12.7 Å². The second-order valence-corrected chi connectivity index (χ2v) is 3.80. The Kier molecular flexibility index (Phi) is 2.58. The summed E-state index contributed by atoms with van der Waals surface area (Å²) in [5.41, 5.74) is 4.15. The average molecular weight is 202 g/mol. The molecule has 2 heteroatoms. The Labute approximate surface area is 89.6 Å². The maximum absolute atomic E-state index is 11.7. The third-order valence-electron chi connectivity index (χ3n) is 2.87. The Morgan fingerprint density at radius 2 is 2.00 bits per heavy atom. The zero-order chi connectivity index (χ0) is 10.8. The molecule has 2 rings (SSSR count). The topological polar surface area (TPSA) is 26.3 Å². The van der Waals surface area contributed by atoms with Crippen molar-refractivity contribution in [3.05, 3.63) is 41.0 Å². The van der Waals surface area contributed by atoms with E-state index in [1.807, 2.05) is 25.1 Å². The Hall–Kier alpha value is -1.57. The first kappa shape index (κ1) is 9.97. The Morgan fingerprint density at radius 1 is 1.27 bits per heavy atom. The quantitative estimate of drug-likeness (QED) is 0.654. The van der Waals surface area contributed by atoms with Crippen LogP contribution in [0.4, 0.5) is 0 Å². The van der Waals surface area contributed by atoms with Crippen LogP contribution in [0.3, 0.4) is 0 Å². The summed E-state index contributed by atoms with van der Waals surface area (Å²) in [6, 6.07) is 8.03. The summed E-state index contributed by atoms with van der Waals surface area (Å²) < 4.78 is 4.82. The van der Waals surface area contributed by atoms with Crippen molar-refractivity contribution in [1.82, 2.24) is 0 Å². The van der Waals surface area contributed by atoms with Crippen LogP contribution in [0.5, 0.6) is 0 Å². The summed E-state index contributed by atoms with van der Waals surface area (Å²) >= 11 is 0. The predicted octanol–water partition coefficient (Wildman–Crippen LogP) is 2.58. The molecule has 0 atom stereocenters. The van der Waals surface area contributed by atoms with Crippen molar-refractivity contribution in [2.24, 2.45) is 0 Å². The molecule has 0 aromatic heterocycles. The molecular formula is C13H14O2. The summed E-state index contributed by atoms with van der Waals surface area (Å²) in [4.78, 5) is 11.7. The molecular weight excluding hydrogens is 188 g/mol. The first-order chi connectivity index (χ1) is 7.24. The predicted molar refractivity (Wildman–Crippen MR) is 59.4 cm³/mol. The number of methoxy groups -OCH3 is 1. The second kappa shape index (κ2) is 3.89. The summed E-state index contributed by atoms with van der Waals surface area (Å²) in [5, 5.41) is 0. The second-order valence-electron chi connectivity index (χ2n) is 3.80. The Bertz CT molecular complexity index is 430. The Balaban J connectivity index is 2.55. The lowest BCUT2D eigenvalue weighted by Crippen LogP contribution is -2.12. The molecule has 1 aromatic carbocycles. The molecule has 78 valence electrons. The molecule has 0 radical (unpaired) electrons. The molecule has 1 aliphatic rings. The molecule has 2 nitrogen and oxygen atoms in total. The number of hydrogen-bond donors (Lipinski definition) is 0. The van der Waals surface area contributed by atoms with E-state index < -0.39 is 0 Å². The highest BCUT2D eigenvalue weighted by molar-refractivity contribution is 6.18. The largest absolute Gasteiger partial charge is 0.465 e. The van der Waals surface area contributed by atoms with Crippen LogP contribution in [0.15, 0.2) is 29.8 Å². The molecule has 0 N–H and O–H groups in total. The van der Waals surface area contributed by atoms with Crippen LogP contribution >= 0.6 is 0 Å². The average Bonchev–Trinajstić information content (AvgIpc) is 2.28. The molecule has 0 fully saturated rings. The van der Waals surface area contributed by atoms with E-state index in [0.29, 0.717) is 0 Å². The number of fused-ring (bicyclic) bond motifs is 1. The number of rotatable bonds is 1. The molecule has 0 aliphatic heterocycles. The van der Waals surface area contributed by atoms with E-state index >= 15 is 0 Å². The van der Waals surface area contributed by atoms with Crippen LogP contribution in [0, 0.1) is 0 Å². The zero-order valence-corrected chi connectivity index (χ0v) is 9.04. The maximum Gasteiger partial charge on any atom is 0.338 e. The third kappa shape index (κ3) is 1.67. The summed E-state index contributed by atoms with van der Waals surface area (Å²) in [7, 11) is 1.43. The van der Waals surface area contributed by atoms with Crippen LogP contribution in [-0.2, 0) is 16.0 Å². The van der Waals surface area contributed by atoms with Gasteiger partial charge in [-0.15, -0.1) is 0 Å². The van der Waals surface area contributed by atoms with Crippen LogP contribution in [-0.4, -0.2) is 13.1 Å². The fourth-order valence-electron chi connectivity index (χ4n) is 2.05. The van der Waals surface area contributed by atoms with Crippen molar-refractivity contribution in [3.63, 3.8) is 0 Å². The lowest BCUT2D eigenvalue weighted by atomic mass is 9.86. The molecule has 0 spiro atoms. The number of allylic oxidation sites excluding steroid dienone is 1. The van der Waals surface area contributed by atoms with E-state index in [0.717, 1.165) is 29.6 Å². The lowest BCUT2D eigenvalue weighted by molar-refractivity contribution is -0.133. The van der Waals surface area contributed by atoms with Crippen molar-refractivity contribution in [3.8, 4) is 0 Å². The number of hydrogen-bond acceptors (Lipinski definition) is 2. The van der Waals surface area contributed by atoms with E-state index in [1.165, 1.54) is 12.7 Å². The third-order valence-corrected chi connectivity index (χ3v) is 2.87. The van der Waals surface area contributed by atoms with E-state index in [-0.39, 0.29) is 5.97 Å². The van der Waals surface area contributed by atoms with Crippen LogP contribution in [0.25, 0.3) is 5.57 Å². The number of carbonyl (C=O) groups excluding carboxylic acids is 1. The molecule has 0 saturated carbocycles. The summed E-state index contributed by atoms with van der Waals surface area (Å²) in [6.07, 6.45) is 1.96. The SMILES string of the molecule is COC(=O)C1=C(C)CCc2ccccc21. The van der Waals surface area contributed by atoms with Crippen molar-refractivity contribution >= 4 is 11.5 Å². The number of benzene rings is 1. The summed E-state index contributed by atoms with van der Waals surface area (Å²) in [5.74, 6) is -0.223. The van der Waals surface area contributed by atoms with E-state index in [4.69, 9.17) is 4.74 Å².